The van der Waals surface area contributed by atoms with Crippen LogP contribution in [0.2, 0.25) is 0 Å². The second-order valence-corrected chi connectivity index (χ2v) is 14.6. The zero-order chi connectivity index (χ0) is 28.9. The molecule has 10 rings (SSSR count). The van der Waals surface area contributed by atoms with Gasteiger partial charge in [0.2, 0.25) is 17.9 Å². The van der Waals surface area contributed by atoms with Gasteiger partial charge in [-0.3, -0.25) is 4.79 Å². The fraction of sp³-hybridized carbons (Fsp3) is 0.968. The molecular formula is C31H48O10. The molecule has 0 aromatic carbocycles. The van der Waals surface area contributed by atoms with Crippen LogP contribution in [0.4, 0.5) is 0 Å². The van der Waals surface area contributed by atoms with E-state index < -0.39 is 35.4 Å². The molecule has 41 heavy (non-hydrogen) atoms. The Bertz CT molecular complexity index is 1040. The van der Waals surface area contributed by atoms with Gasteiger partial charge in [-0.05, 0) is 70.1 Å². The first kappa shape index (κ1) is 28.9. The summed E-state index contributed by atoms with van der Waals surface area (Å²) in [6.45, 7) is 12.5. The highest BCUT2D eigenvalue weighted by Crippen LogP contribution is 2.61. The maximum atomic E-state index is 12.1. The maximum Gasteiger partial charge on any atom is 0.311 e. The standard InChI is InChI=1S/C16H26O5.C15H22O5/c1-9-5-6-12-10(2)13(17-4)18-14-16(12)11(9)7-8-15(3,19-14)20-21-16;1-8-4-5-11-9(2)12(16)17-13-15(11)10(8)6-7-14(3,18-13)19-20-15/h9-14H,5-8H2,1-4H3;8-11,13H,4-7H2,1-3H3/t9-,10-,11+,12+,13+,14-,15+,16?;8-,9-,10+,11+,13-,14+,15-/m11/s1. The van der Waals surface area contributed by atoms with Gasteiger partial charge in [-0.15, -0.1) is 0 Å². The van der Waals surface area contributed by atoms with E-state index in [0.717, 1.165) is 44.9 Å². The summed E-state index contributed by atoms with van der Waals surface area (Å²) in [5, 5.41) is 0. The summed E-state index contributed by atoms with van der Waals surface area (Å²) in [4.78, 5) is 35.5. The fourth-order valence-electron chi connectivity index (χ4n) is 9.90. The van der Waals surface area contributed by atoms with Crippen molar-refractivity contribution in [3.05, 3.63) is 0 Å². The minimum atomic E-state index is -0.793. The lowest BCUT2D eigenvalue weighted by Gasteiger charge is -2.60. The van der Waals surface area contributed by atoms with E-state index in [0.29, 0.717) is 29.6 Å². The van der Waals surface area contributed by atoms with Gasteiger partial charge in [0.1, 0.15) is 0 Å². The molecule has 15 atom stereocenters. The number of fused-ring (bicyclic) bond motifs is 4. The van der Waals surface area contributed by atoms with Gasteiger partial charge in [0.05, 0.1) is 5.92 Å². The van der Waals surface area contributed by atoms with E-state index in [1.807, 2.05) is 20.8 Å². The summed E-state index contributed by atoms with van der Waals surface area (Å²) < 4.78 is 29.5. The molecule has 0 aromatic heterocycles. The van der Waals surface area contributed by atoms with E-state index >= 15 is 0 Å². The molecule has 0 aromatic rings. The molecule has 2 spiro atoms. The van der Waals surface area contributed by atoms with Crippen molar-refractivity contribution in [1.82, 2.24) is 0 Å². The third-order valence-electron chi connectivity index (χ3n) is 12.3. The lowest BCUT2D eigenvalue weighted by atomic mass is 9.58. The van der Waals surface area contributed by atoms with E-state index in [4.69, 9.17) is 43.2 Å². The van der Waals surface area contributed by atoms with Crippen LogP contribution in [0.25, 0.3) is 0 Å². The second kappa shape index (κ2) is 9.83. The third-order valence-corrected chi connectivity index (χ3v) is 12.3. The SMILES string of the molecule is CO[C@H]1O[C@@H]2O[C@]3(C)CC[C@H]4[C@H](C)CC[C@@H]([C@H]1C)C24OO3.C[C@@H]1CC[C@H]2[C@@H](C)C(=O)O[C@@H]3O[C@]4(C)CC[C@@H]1[C@]32OO4. The van der Waals surface area contributed by atoms with Crippen molar-refractivity contribution >= 4 is 5.97 Å². The van der Waals surface area contributed by atoms with E-state index in [-0.39, 0.29) is 30.0 Å². The summed E-state index contributed by atoms with van der Waals surface area (Å²) in [5.74, 6) is 0.816. The monoisotopic (exact) mass is 580 g/mol. The van der Waals surface area contributed by atoms with Crippen LogP contribution in [0.3, 0.4) is 0 Å². The molecule has 10 heteroatoms. The zero-order valence-corrected chi connectivity index (χ0v) is 25.6. The molecular weight excluding hydrogens is 532 g/mol. The molecule has 10 fully saturated rings. The van der Waals surface area contributed by atoms with E-state index in [2.05, 4.69) is 20.8 Å². The van der Waals surface area contributed by atoms with Crippen molar-refractivity contribution in [3.8, 4) is 0 Å². The molecule has 8 heterocycles. The summed E-state index contributed by atoms with van der Waals surface area (Å²) in [6.07, 6.45) is 6.88. The average Bonchev–Trinajstić information content (AvgIpc) is 3.31. The van der Waals surface area contributed by atoms with Gasteiger partial charge in [0.15, 0.2) is 23.8 Å². The molecule has 0 amide bonds. The van der Waals surface area contributed by atoms with Gasteiger partial charge in [-0.1, -0.05) is 27.7 Å². The zero-order valence-electron chi connectivity index (χ0n) is 25.6. The quantitative estimate of drug-likeness (QED) is 0.303. The van der Waals surface area contributed by atoms with E-state index in [1.54, 1.807) is 7.11 Å². The van der Waals surface area contributed by atoms with Crippen LogP contribution in [-0.2, 0) is 48.0 Å². The summed E-state index contributed by atoms with van der Waals surface area (Å²) in [7, 11) is 1.70. The maximum absolute atomic E-state index is 12.1. The molecule has 232 valence electrons. The van der Waals surface area contributed by atoms with Gasteiger partial charge in [-0.2, -0.15) is 0 Å². The van der Waals surface area contributed by atoms with Crippen molar-refractivity contribution in [2.24, 2.45) is 47.3 Å². The Kier molecular flexibility index (Phi) is 6.92. The molecule has 1 unspecified atom stereocenters. The van der Waals surface area contributed by atoms with Crippen LogP contribution in [0.1, 0.15) is 92.9 Å². The van der Waals surface area contributed by atoms with Crippen molar-refractivity contribution in [3.63, 3.8) is 0 Å². The second-order valence-electron chi connectivity index (χ2n) is 14.6. The van der Waals surface area contributed by atoms with Crippen LogP contribution in [0, 0.1) is 47.3 Å². The van der Waals surface area contributed by atoms with Crippen molar-refractivity contribution in [1.29, 1.82) is 0 Å². The topological polar surface area (TPSA) is 100 Å². The average molecular weight is 581 g/mol. The highest BCUT2D eigenvalue weighted by Gasteiger charge is 2.71. The number of esters is 1. The minimum absolute atomic E-state index is 0.123. The predicted molar refractivity (Wildman–Crippen MR) is 142 cm³/mol. The molecule has 0 N–H and O–H groups in total. The number of hydrogen-bond acceptors (Lipinski definition) is 10. The molecule has 8 saturated heterocycles. The van der Waals surface area contributed by atoms with Gasteiger partial charge < -0.3 is 23.7 Å². The Labute approximate surface area is 243 Å². The number of hydrogen-bond donors (Lipinski definition) is 0. The molecule has 2 saturated carbocycles. The smallest absolute Gasteiger partial charge is 0.311 e. The van der Waals surface area contributed by atoms with Gasteiger partial charge in [0.25, 0.3) is 0 Å². The first-order valence-electron chi connectivity index (χ1n) is 15.9. The van der Waals surface area contributed by atoms with Crippen LogP contribution in [0.5, 0.6) is 0 Å². The molecule has 10 nitrogen and oxygen atoms in total. The van der Waals surface area contributed by atoms with Crippen LogP contribution >= 0.6 is 0 Å². The van der Waals surface area contributed by atoms with Crippen LogP contribution < -0.4 is 0 Å². The number of rotatable bonds is 1. The lowest BCUT2D eigenvalue weighted by Crippen LogP contribution is -2.70. The molecule has 0 radical (unpaired) electrons. The number of carbonyl (C=O) groups excluding carboxylic acids is 1. The Balaban J connectivity index is 0.000000135. The molecule has 2 aliphatic carbocycles. The highest BCUT2D eigenvalue weighted by molar-refractivity contribution is 5.74. The van der Waals surface area contributed by atoms with E-state index in [9.17, 15) is 4.79 Å². The molecule has 8 aliphatic heterocycles. The van der Waals surface area contributed by atoms with Crippen LogP contribution in [0.15, 0.2) is 0 Å². The van der Waals surface area contributed by atoms with Crippen LogP contribution in [-0.4, -0.2) is 54.7 Å². The Morgan fingerprint density at radius 1 is 0.683 bits per heavy atom. The summed E-state index contributed by atoms with van der Waals surface area (Å²) in [5.41, 5.74) is -1.08. The lowest BCUT2D eigenvalue weighted by molar-refractivity contribution is -0.577. The van der Waals surface area contributed by atoms with Crippen molar-refractivity contribution in [2.45, 2.75) is 135 Å². The summed E-state index contributed by atoms with van der Waals surface area (Å²) >= 11 is 0. The van der Waals surface area contributed by atoms with Crippen molar-refractivity contribution in [2.75, 3.05) is 7.11 Å². The van der Waals surface area contributed by atoms with Crippen molar-refractivity contribution < 1.29 is 48.0 Å². The number of carbonyl (C=O) groups is 1. The number of ether oxygens (including phenoxy) is 5. The van der Waals surface area contributed by atoms with E-state index in [1.165, 1.54) is 6.42 Å². The first-order valence-corrected chi connectivity index (χ1v) is 15.9. The number of methoxy groups -OCH3 is 1. The largest absolute Gasteiger partial charge is 0.432 e. The normalized spacial score (nSPS) is 58.6. The first-order chi connectivity index (χ1) is 19.5. The van der Waals surface area contributed by atoms with Gasteiger partial charge in [-0.25, -0.2) is 19.6 Å². The molecule has 10 aliphatic rings. The predicted octanol–water partition coefficient (Wildman–Crippen LogP) is 5.24. The van der Waals surface area contributed by atoms with Gasteiger partial charge in [0, 0.05) is 43.6 Å². The van der Waals surface area contributed by atoms with Gasteiger partial charge >= 0.3 is 5.97 Å². The Morgan fingerprint density at radius 3 is 1.80 bits per heavy atom. The summed E-state index contributed by atoms with van der Waals surface area (Å²) in [6, 6.07) is 0. The third kappa shape index (κ3) is 4.07. The molecule has 4 bridgehead atoms. The minimum Gasteiger partial charge on any atom is -0.432 e. The Morgan fingerprint density at radius 2 is 1.22 bits per heavy atom. The fourth-order valence-corrected chi connectivity index (χ4v) is 9.90. The Hall–Kier alpha value is -0.850. The highest BCUT2D eigenvalue weighted by atomic mass is 17.3.